The van der Waals surface area contributed by atoms with Crippen molar-refractivity contribution in [3.05, 3.63) is 65.7 Å². The maximum atomic E-state index is 12.5. The maximum absolute atomic E-state index is 12.5. The summed E-state index contributed by atoms with van der Waals surface area (Å²) in [5, 5.41) is 2.85. The van der Waals surface area contributed by atoms with E-state index in [-0.39, 0.29) is 11.9 Å². The van der Waals surface area contributed by atoms with Gasteiger partial charge in [0.1, 0.15) is 0 Å². The van der Waals surface area contributed by atoms with Crippen LogP contribution in [0.25, 0.3) is 0 Å². The van der Waals surface area contributed by atoms with Crippen LogP contribution in [0.5, 0.6) is 0 Å². The van der Waals surface area contributed by atoms with Crippen LogP contribution in [0.4, 0.5) is 5.69 Å². The first kappa shape index (κ1) is 19.1. The average molecular weight is 367 g/mol. The van der Waals surface area contributed by atoms with Gasteiger partial charge in [-0.3, -0.25) is 14.5 Å². The van der Waals surface area contributed by atoms with Crippen LogP contribution in [0.1, 0.15) is 22.3 Å². The lowest BCUT2D eigenvalue weighted by molar-refractivity contribution is -0.119. The maximum Gasteiger partial charge on any atom is 0.248 e. The van der Waals surface area contributed by atoms with Crippen LogP contribution >= 0.6 is 0 Å². The van der Waals surface area contributed by atoms with Gasteiger partial charge in [-0.25, -0.2) is 0 Å². The molecular weight excluding hydrogens is 342 g/mol. The largest absolute Gasteiger partial charge is 0.378 e. The van der Waals surface area contributed by atoms with Gasteiger partial charge >= 0.3 is 0 Å². The van der Waals surface area contributed by atoms with Gasteiger partial charge in [-0.1, -0.05) is 36.4 Å². The molecule has 6 heteroatoms. The second-order valence-electron chi connectivity index (χ2n) is 6.70. The lowest BCUT2D eigenvalue weighted by Gasteiger charge is -2.35. The first-order valence-corrected chi connectivity index (χ1v) is 9.17. The second kappa shape index (κ2) is 9.30. The number of nitrogens with two attached hydrogens (primary N) is 1. The summed E-state index contributed by atoms with van der Waals surface area (Å²) >= 11 is 0. The molecule has 2 aromatic rings. The number of nitrogens with one attached hydrogen (secondary N) is 1. The molecule has 27 heavy (non-hydrogen) atoms. The van der Waals surface area contributed by atoms with Crippen molar-refractivity contribution in [1.29, 1.82) is 0 Å². The van der Waals surface area contributed by atoms with E-state index in [2.05, 4.69) is 22.3 Å². The smallest absolute Gasteiger partial charge is 0.248 e. The highest BCUT2D eigenvalue weighted by Gasteiger charge is 2.25. The molecule has 2 aromatic carbocycles. The van der Waals surface area contributed by atoms with Crippen LogP contribution in [0.2, 0.25) is 0 Å². The van der Waals surface area contributed by atoms with Gasteiger partial charge in [-0.2, -0.15) is 0 Å². The van der Waals surface area contributed by atoms with E-state index >= 15 is 0 Å². The molecule has 3 rings (SSSR count). The molecular formula is C21H25N3O3. The highest BCUT2D eigenvalue weighted by Crippen LogP contribution is 2.15. The minimum absolute atomic E-state index is 0.0433. The van der Waals surface area contributed by atoms with Gasteiger partial charge in [0.15, 0.2) is 0 Å². The van der Waals surface area contributed by atoms with E-state index in [0.29, 0.717) is 30.9 Å². The number of hydrogen-bond acceptors (Lipinski definition) is 4. The number of anilines is 1. The van der Waals surface area contributed by atoms with Crippen molar-refractivity contribution in [3.8, 4) is 0 Å². The second-order valence-corrected chi connectivity index (χ2v) is 6.70. The number of carbonyl (C=O) groups is 2. The summed E-state index contributed by atoms with van der Waals surface area (Å²) in [7, 11) is 0. The lowest BCUT2D eigenvalue weighted by Crippen LogP contribution is -2.47. The molecule has 0 bridgehead atoms. The minimum Gasteiger partial charge on any atom is -0.378 e. The number of amides is 2. The van der Waals surface area contributed by atoms with E-state index < -0.39 is 5.91 Å². The normalized spacial score (nSPS) is 17.4. The van der Waals surface area contributed by atoms with Gasteiger partial charge in [0.05, 0.1) is 13.2 Å². The van der Waals surface area contributed by atoms with Gasteiger partial charge in [0, 0.05) is 36.8 Å². The van der Waals surface area contributed by atoms with Crippen molar-refractivity contribution in [3.63, 3.8) is 0 Å². The van der Waals surface area contributed by atoms with Crippen molar-refractivity contribution in [1.82, 2.24) is 4.90 Å². The molecule has 1 heterocycles. The summed E-state index contributed by atoms with van der Waals surface area (Å²) < 4.78 is 5.58. The number of nitrogens with zero attached hydrogens (tertiary/aromatic N) is 1. The third-order valence-electron chi connectivity index (χ3n) is 4.73. The van der Waals surface area contributed by atoms with Gasteiger partial charge in [-0.15, -0.1) is 0 Å². The molecule has 1 saturated heterocycles. The Kier molecular flexibility index (Phi) is 6.57. The SMILES string of the molecule is NC(=O)c1cccc(NC(=O)CC2COCCN2CCc2ccccc2)c1. The van der Waals surface area contributed by atoms with Crippen LogP contribution in [-0.2, 0) is 16.0 Å². The standard InChI is InChI=1S/C21H25N3O3/c22-21(26)17-7-4-8-18(13-17)23-20(25)14-19-15-27-12-11-24(19)10-9-16-5-2-1-3-6-16/h1-8,13,19H,9-12,14-15H2,(H2,22,26)(H,23,25). The van der Waals surface area contributed by atoms with Gasteiger partial charge in [-0.05, 0) is 30.2 Å². The number of primary amides is 1. The Bertz CT molecular complexity index is 779. The van der Waals surface area contributed by atoms with Gasteiger partial charge < -0.3 is 15.8 Å². The molecule has 0 aromatic heterocycles. The summed E-state index contributed by atoms with van der Waals surface area (Å²) in [6.45, 7) is 2.95. The Morgan fingerprint density at radius 2 is 1.96 bits per heavy atom. The number of morpholine rings is 1. The third kappa shape index (κ3) is 5.64. The van der Waals surface area contributed by atoms with E-state index in [9.17, 15) is 9.59 Å². The molecule has 1 fully saturated rings. The van der Waals surface area contributed by atoms with Crippen molar-refractivity contribution in [2.45, 2.75) is 18.9 Å². The highest BCUT2D eigenvalue weighted by molar-refractivity contribution is 5.96. The summed E-state index contributed by atoms with van der Waals surface area (Å²) in [4.78, 5) is 26.1. The number of carbonyl (C=O) groups excluding carboxylic acids is 2. The van der Waals surface area contributed by atoms with E-state index in [4.69, 9.17) is 10.5 Å². The Morgan fingerprint density at radius 1 is 1.15 bits per heavy atom. The molecule has 1 aliphatic heterocycles. The van der Waals surface area contributed by atoms with Gasteiger partial charge in [0.2, 0.25) is 11.8 Å². The molecule has 0 saturated carbocycles. The summed E-state index contributed by atoms with van der Waals surface area (Å²) in [5.41, 5.74) is 7.52. The first-order chi connectivity index (χ1) is 13.1. The molecule has 142 valence electrons. The van der Waals surface area contributed by atoms with Crippen LogP contribution in [0.3, 0.4) is 0 Å². The highest BCUT2D eigenvalue weighted by atomic mass is 16.5. The van der Waals surface area contributed by atoms with E-state index in [1.165, 1.54) is 5.56 Å². The lowest BCUT2D eigenvalue weighted by atomic mass is 10.1. The molecule has 1 aliphatic rings. The summed E-state index contributed by atoms with van der Waals surface area (Å²) in [6, 6.07) is 17.0. The van der Waals surface area contributed by atoms with Crippen molar-refractivity contribution in [2.75, 3.05) is 31.6 Å². The molecule has 1 unspecified atom stereocenters. The van der Waals surface area contributed by atoms with E-state index in [0.717, 1.165) is 19.5 Å². The Morgan fingerprint density at radius 3 is 2.74 bits per heavy atom. The molecule has 1 atom stereocenters. The third-order valence-corrected chi connectivity index (χ3v) is 4.73. The van der Waals surface area contributed by atoms with E-state index in [1.807, 2.05) is 18.2 Å². The van der Waals surface area contributed by atoms with Crippen LogP contribution in [0, 0.1) is 0 Å². The van der Waals surface area contributed by atoms with Crippen LogP contribution in [0.15, 0.2) is 54.6 Å². The number of ether oxygens (including phenoxy) is 1. The monoisotopic (exact) mass is 367 g/mol. The van der Waals surface area contributed by atoms with Crippen molar-refractivity contribution >= 4 is 17.5 Å². The predicted molar refractivity (Wildman–Crippen MR) is 105 cm³/mol. The van der Waals surface area contributed by atoms with Gasteiger partial charge in [0.25, 0.3) is 0 Å². The van der Waals surface area contributed by atoms with Crippen LogP contribution < -0.4 is 11.1 Å². The summed E-state index contributed by atoms with van der Waals surface area (Å²) in [5.74, 6) is -0.615. The topological polar surface area (TPSA) is 84.7 Å². The Balaban J connectivity index is 1.56. The van der Waals surface area contributed by atoms with Crippen molar-refractivity contribution < 1.29 is 14.3 Å². The fourth-order valence-corrected chi connectivity index (χ4v) is 3.27. The first-order valence-electron chi connectivity index (χ1n) is 9.17. The Labute approximate surface area is 159 Å². The summed E-state index contributed by atoms with van der Waals surface area (Å²) in [6.07, 6.45) is 1.29. The van der Waals surface area contributed by atoms with Crippen LogP contribution in [-0.4, -0.2) is 49.1 Å². The van der Waals surface area contributed by atoms with Crippen molar-refractivity contribution in [2.24, 2.45) is 5.73 Å². The molecule has 6 nitrogen and oxygen atoms in total. The zero-order valence-corrected chi connectivity index (χ0v) is 15.3. The predicted octanol–water partition coefficient (Wildman–Crippen LogP) is 2.06. The van der Waals surface area contributed by atoms with E-state index in [1.54, 1.807) is 24.3 Å². The minimum atomic E-state index is -0.515. The fourth-order valence-electron chi connectivity index (χ4n) is 3.27. The quantitative estimate of drug-likeness (QED) is 0.784. The zero-order chi connectivity index (χ0) is 19.1. The Hall–Kier alpha value is -2.70. The fraction of sp³-hybridized carbons (Fsp3) is 0.333. The average Bonchev–Trinajstić information content (AvgIpc) is 2.68. The number of hydrogen-bond donors (Lipinski definition) is 2. The molecule has 2 amide bonds. The molecule has 0 spiro atoms. The molecule has 3 N–H and O–H groups in total. The zero-order valence-electron chi connectivity index (χ0n) is 15.3. The number of rotatable bonds is 7. The molecule has 0 radical (unpaired) electrons. The number of benzene rings is 2. The molecule has 0 aliphatic carbocycles.